The monoisotopic (exact) mass is 429 g/mol. The molecule has 9 heteroatoms. The predicted molar refractivity (Wildman–Crippen MR) is 114 cm³/mol. The van der Waals surface area contributed by atoms with Crippen molar-refractivity contribution in [1.82, 2.24) is 14.9 Å². The molecule has 29 heavy (non-hydrogen) atoms. The molecule has 0 saturated heterocycles. The van der Waals surface area contributed by atoms with E-state index in [0.717, 1.165) is 17.8 Å². The van der Waals surface area contributed by atoms with E-state index >= 15 is 0 Å². The van der Waals surface area contributed by atoms with Crippen molar-refractivity contribution in [2.75, 3.05) is 17.9 Å². The Morgan fingerprint density at radius 2 is 2.00 bits per heavy atom. The molecular weight excluding hydrogens is 410 g/mol. The van der Waals surface area contributed by atoms with Crippen LogP contribution in [-0.2, 0) is 11.2 Å². The van der Waals surface area contributed by atoms with Gasteiger partial charge in [0.15, 0.2) is 5.82 Å². The maximum Gasteiger partial charge on any atom is 0.240 e. The van der Waals surface area contributed by atoms with Crippen molar-refractivity contribution < 1.29 is 9.53 Å². The average Bonchev–Trinajstić information content (AvgIpc) is 3.16. The van der Waals surface area contributed by atoms with Crippen LogP contribution < -0.4 is 15.5 Å². The highest BCUT2D eigenvalue weighted by Gasteiger charge is 2.37. The summed E-state index contributed by atoms with van der Waals surface area (Å²) in [6.45, 7) is 2.02. The Hall–Kier alpha value is -2.71. The summed E-state index contributed by atoms with van der Waals surface area (Å²) in [6.07, 6.45) is 0.728. The summed E-state index contributed by atoms with van der Waals surface area (Å²) in [5, 5.41) is 12.3. The molecule has 0 fully saturated rings. The van der Waals surface area contributed by atoms with Gasteiger partial charge in [0.2, 0.25) is 11.1 Å². The second-order valence-electron chi connectivity index (χ2n) is 6.47. The van der Waals surface area contributed by atoms with Gasteiger partial charge in [-0.05, 0) is 29.8 Å². The van der Waals surface area contributed by atoms with Gasteiger partial charge in [-0.25, -0.2) is 4.68 Å². The van der Waals surface area contributed by atoms with Gasteiger partial charge in [-0.15, -0.1) is 10.2 Å². The Morgan fingerprint density at radius 1 is 1.24 bits per heavy atom. The molecule has 2 heterocycles. The number of amides is 1. The second-order valence-corrected chi connectivity index (χ2v) is 8.02. The summed E-state index contributed by atoms with van der Waals surface area (Å²) in [4.78, 5) is 13.3. The zero-order valence-electron chi connectivity index (χ0n) is 15.9. The van der Waals surface area contributed by atoms with Crippen molar-refractivity contribution in [2.24, 2.45) is 0 Å². The van der Waals surface area contributed by atoms with Crippen LogP contribution in [0.3, 0.4) is 0 Å². The molecule has 2 atom stereocenters. The number of carbonyl (C=O) groups is 1. The molecule has 2 N–H and O–H groups in total. The van der Waals surface area contributed by atoms with Gasteiger partial charge < -0.3 is 15.5 Å². The molecule has 150 valence electrons. The lowest BCUT2D eigenvalue weighted by Crippen LogP contribution is -2.41. The molecule has 0 saturated carbocycles. The molecule has 2 aromatic carbocycles. The summed E-state index contributed by atoms with van der Waals surface area (Å²) < 4.78 is 7.21. The minimum absolute atomic E-state index is 0.153. The number of aromatic nitrogens is 3. The van der Waals surface area contributed by atoms with Crippen LogP contribution in [-0.4, -0.2) is 33.1 Å². The number of para-hydroxylation sites is 2. The predicted octanol–water partition coefficient (Wildman–Crippen LogP) is 3.90. The highest BCUT2D eigenvalue weighted by atomic mass is 35.5. The van der Waals surface area contributed by atoms with Gasteiger partial charge in [0.25, 0.3) is 0 Å². The van der Waals surface area contributed by atoms with Gasteiger partial charge in [-0.2, -0.15) is 0 Å². The quantitative estimate of drug-likeness (QED) is 0.640. The summed E-state index contributed by atoms with van der Waals surface area (Å²) in [7, 11) is 1.58. The maximum atomic E-state index is 13.3. The topological polar surface area (TPSA) is 81.1 Å². The minimum atomic E-state index is -0.470. The third-order valence-corrected chi connectivity index (χ3v) is 6.14. The smallest absolute Gasteiger partial charge is 0.240 e. The first-order chi connectivity index (χ1) is 14.1. The van der Waals surface area contributed by atoms with E-state index < -0.39 is 5.25 Å². The lowest BCUT2D eigenvalue weighted by molar-refractivity contribution is -0.116. The normalized spacial score (nSPS) is 17.9. The number of thioether (sulfide) groups is 1. The molecule has 0 bridgehead atoms. The van der Waals surface area contributed by atoms with E-state index in [1.165, 1.54) is 11.8 Å². The fraction of sp³-hybridized carbons (Fsp3) is 0.250. The summed E-state index contributed by atoms with van der Waals surface area (Å²) in [5.41, 5.74) is 4.98. The van der Waals surface area contributed by atoms with E-state index in [9.17, 15) is 4.79 Å². The van der Waals surface area contributed by atoms with E-state index in [-0.39, 0.29) is 11.9 Å². The van der Waals surface area contributed by atoms with Crippen molar-refractivity contribution in [1.29, 1.82) is 0 Å². The van der Waals surface area contributed by atoms with Gasteiger partial charge >= 0.3 is 0 Å². The van der Waals surface area contributed by atoms with Crippen molar-refractivity contribution >= 4 is 35.0 Å². The highest BCUT2D eigenvalue weighted by molar-refractivity contribution is 8.00. The Balaban J connectivity index is 1.68. The Kier molecular flexibility index (Phi) is 5.64. The third-order valence-electron chi connectivity index (χ3n) is 4.67. The molecule has 0 aliphatic carbocycles. The SMILES string of the molecule is CCc1nnc2n1N[C@@H](c1ccc(Cl)cc1)[C@@H](C(=O)Nc1ccccc1OC)S2. The van der Waals surface area contributed by atoms with Crippen LogP contribution in [0, 0.1) is 0 Å². The molecule has 1 aromatic heterocycles. The van der Waals surface area contributed by atoms with Crippen molar-refractivity contribution in [2.45, 2.75) is 29.8 Å². The van der Waals surface area contributed by atoms with E-state index in [4.69, 9.17) is 16.3 Å². The van der Waals surface area contributed by atoms with Crippen LogP contribution in [0.4, 0.5) is 5.69 Å². The lowest BCUT2D eigenvalue weighted by atomic mass is 10.0. The average molecular weight is 430 g/mol. The Bertz CT molecular complexity index is 1020. The zero-order chi connectivity index (χ0) is 20.4. The first-order valence-corrected chi connectivity index (χ1v) is 10.4. The lowest BCUT2D eigenvalue weighted by Gasteiger charge is -2.33. The minimum Gasteiger partial charge on any atom is -0.495 e. The number of benzene rings is 2. The number of anilines is 1. The molecular formula is C20H20ClN5O2S. The van der Waals surface area contributed by atoms with Gasteiger partial charge in [-0.1, -0.05) is 54.6 Å². The molecule has 0 unspecified atom stereocenters. The fourth-order valence-electron chi connectivity index (χ4n) is 3.20. The van der Waals surface area contributed by atoms with Crippen molar-refractivity contribution in [3.05, 3.63) is 64.9 Å². The standard InChI is InChI=1S/C20H20ClN5O2S/c1-3-16-23-24-20-26(16)25-17(12-8-10-13(21)11-9-12)18(29-20)19(27)22-14-6-4-5-7-15(14)28-2/h4-11,17-18,25H,3H2,1-2H3,(H,22,27)/t17-,18-/m0/s1. The molecule has 1 amide bonds. The summed E-state index contributed by atoms with van der Waals surface area (Å²) in [5.74, 6) is 1.27. The van der Waals surface area contributed by atoms with E-state index in [0.29, 0.717) is 21.6 Å². The number of halogens is 1. The van der Waals surface area contributed by atoms with Crippen LogP contribution in [0.1, 0.15) is 24.4 Å². The van der Waals surface area contributed by atoms with E-state index in [1.54, 1.807) is 7.11 Å². The number of nitrogens with zero attached hydrogens (tertiary/aromatic N) is 3. The molecule has 4 rings (SSSR count). The number of aryl methyl sites for hydroxylation is 1. The Labute approximate surface area is 177 Å². The van der Waals surface area contributed by atoms with Gasteiger partial charge in [0.1, 0.15) is 11.0 Å². The van der Waals surface area contributed by atoms with Crippen LogP contribution in [0.25, 0.3) is 0 Å². The maximum absolute atomic E-state index is 13.3. The van der Waals surface area contributed by atoms with Crippen LogP contribution in [0.15, 0.2) is 53.7 Å². The first kappa shape index (κ1) is 19.6. The number of carbonyl (C=O) groups excluding carboxylic acids is 1. The number of ether oxygens (including phenoxy) is 1. The van der Waals surface area contributed by atoms with Gasteiger partial charge in [-0.3, -0.25) is 4.79 Å². The number of nitrogens with one attached hydrogen (secondary N) is 2. The van der Waals surface area contributed by atoms with Crippen molar-refractivity contribution in [3.8, 4) is 5.75 Å². The molecule has 7 nitrogen and oxygen atoms in total. The first-order valence-electron chi connectivity index (χ1n) is 9.17. The van der Waals surface area contributed by atoms with Crippen LogP contribution >= 0.6 is 23.4 Å². The molecule has 0 spiro atoms. The third kappa shape index (κ3) is 3.90. The van der Waals surface area contributed by atoms with Gasteiger partial charge in [0, 0.05) is 11.4 Å². The van der Waals surface area contributed by atoms with Crippen LogP contribution in [0.2, 0.25) is 5.02 Å². The molecule has 3 aromatic rings. The Morgan fingerprint density at radius 3 is 2.72 bits per heavy atom. The van der Waals surface area contributed by atoms with Crippen molar-refractivity contribution in [3.63, 3.8) is 0 Å². The number of fused-ring (bicyclic) bond motifs is 1. The highest BCUT2D eigenvalue weighted by Crippen LogP contribution is 2.38. The number of hydrogen-bond acceptors (Lipinski definition) is 6. The summed E-state index contributed by atoms with van der Waals surface area (Å²) >= 11 is 7.44. The number of hydrogen-bond donors (Lipinski definition) is 2. The second kappa shape index (κ2) is 8.34. The number of methoxy groups -OCH3 is 1. The molecule has 1 aliphatic heterocycles. The largest absolute Gasteiger partial charge is 0.495 e. The van der Waals surface area contributed by atoms with E-state index in [1.807, 2.05) is 60.1 Å². The van der Waals surface area contributed by atoms with E-state index in [2.05, 4.69) is 20.9 Å². The molecule has 1 aliphatic rings. The summed E-state index contributed by atoms with van der Waals surface area (Å²) in [6, 6.07) is 14.5. The van der Waals surface area contributed by atoms with Crippen LogP contribution in [0.5, 0.6) is 5.75 Å². The van der Waals surface area contributed by atoms with Gasteiger partial charge in [0.05, 0.1) is 18.8 Å². The fourth-order valence-corrected chi connectivity index (χ4v) is 4.42. The zero-order valence-corrected chi connectivity index (χ0v) is 17.5. The molecule has 0 radical (unpaired) electrons. The number of rotatable bonds is 5.